The molecular weight excluding hydrogens is 398 g/mol. The zero-order valence-corrected chi connectivity index (χ0v) is 18.2. The molecule has 2 aromatic carbocycles. The molecule has 0 radical (unpaired) electrons. The van der Waals surface area contributed by atoms with Gasteiger partial charge in [0, 0.05) is 46.6 Å². The minimum atomic E-state index is -0.803. The summed E-state index contributed by atoms with van der Waals surface area (Å²) in [6.45, 7) is 4.47. The van der Waals surface area contributed by atoms with E-state index in [0.717, 1.165) is 59.1 Å². The number of hydrogen-bond donors (Lipinski definition) is 4. The molecule has 0 saturated heterocycles. The van der Waals surface area contributed by atoms with Crippen LogP contribution in [0.3, 0.4) is 0 Å². The van der Waals surface area contributed by atoms with Gasteiger partial charge < -0.3 is 20.8 Å². The van der Waals surface area contributed by atoms with Crippen molar-refractivity contribution in [2.45, 2.75) is 51.7 Å². The van der Waals surface area contributed by atoms with Gasteiger partial charge in [0.25, 0.3) is 0 Å². The minimum Gasteiger partial charge on any atom is -0.507 e. The van der Waals surface area contributed by atoms with Crippen molar-refractivity contribution in [3.8, 4) is 5.75 Å². The summed E-state index contributed by atoms with van der Waals surface area (Å²) in [4.78, 5) is 4.43. The molecule has 5 nitrogen and oxygen atoms in total. The van der Waals surface area contributed by atoms with Crippen LogP contribution in [0.4, 0.5) is 11.4 Å². The fourth-order valence-corrected chi connectivity index (χ4v) is 4.28. The Morgan fingerprint density at radius 3 is 2.60 bits per heavy atom. The number of nitrogens with one attached hydrogen (secondary N) is 2. The van der Waals surface area contributed by atoms with Crippen LogP contribution in [0.25, 0.3) is 10.9 Å². The van der Waals surface area contributed by atoms with Gasteiger partial charge in [0.15, 0.2) is 0 Å². The normalized spacial score (nSPS) is 14.0. The topological polar surface area (TPSA) is 77.4 Å². The predicted octanol–water partition coefficient (Wildman–Crippen LogP) is 5.08. The zero-order valence-electron chi connectivity index (χ0n) is 17.4. The lowest BCUT2D eigenvalue weighted by atomic mass is 9.87. The van der Waals surface area contributed by atoms with E-state index in [1.807, 2.05) is 30.3 Å². The largest absolute Gasteiger partial charge is 0.507 e. The zero-order chi connectivity index (χ0) is 21.3. The maximum absolute atomic E-state index is 10.9. The molecule has 0 spiro atoms. The van der Waals surface area contributed by atoms with Crippen LogP contribution in [0.2, 0.25) is 5.02 Å². The van der Waals surface area contributed by atoms with Gasteiger partial charge in [-0.3, -0.25) is 4.98 Å². The summed E-state index contributed by atoms with van der Waals surface area (Å²) in [5, 5.41) is 29.4. The smallest absolute Gasteiger partial charge is 0.123 e. The van der Waals surface area contributed by atoms with Crippen molar-refractivity contribution in [3.63, 3.8) is 0 Å². The quantitative estimate of drug-likeness (QED) is 0.414. The van der Waals surface area contributed by atoms with Crippen molar-refractivity contribution in [1.82, 2.24) is 10.3 Å². The number of fused-ring (bicyclic) bond motifs is 2. The van der Waals surface area contributed by atoms with E-state index in [0.29, 0.717) is 23.9 Å². The van der Waals surface area contributed by atoms with Crippen molar-refractivity contribution >= 4 is 33.9 Å². The van der Waals surface area contributed by atoms with Crippen molar-refractivity contribution in [1.29, 1.82) is 0 Å². The Hall–Kier alpha value is -2.34. The van der Waals surface area contributed by atoms with Crippen LogP contribution in [-0.2, 0) is 19.4 Å². The molecule has 1 aromatic heterocycles. The first-order valence-electron chi connectivity index (χ1n) is 10.4. The van der Waals surface area contributed by atoms with E-state index in [4.69, 9.17) is 11.6 Å². The Bertz CT molecular complexity index is 1080. The van der Waals surface area contributed by atoms with E-state index in [2.05, 4.69) is 15.6 Å². The van der Waals surface area contributed by atoms with E-state index in [1.54, 1.807) is 20.0 Å². The number of benzene rings is 2. The number of phenols is 1. The van der Waals surface area contributed by atoms with Gasteiger partial charge >= 0.3 is 0 Å². The maximum Gasteiger partial charge on any atom is 0.123 e. The number of aromatic hydroxyl groups is 1. The molecule has 3 aromatic rings. The summed E-state index contributed by atoms with van der Waals surface area (Å²) in [7, 11) is 0. The third kappa shape index (κ3) is 4.53. The number of halogens is 1. The van der Waals surface area contributed by atoms with Crippen molar-refractivity contribution in [3.05, 3.63) is 58.2 Å². The van der Waals surface area contributed by atoms with Crippen LogP contribution in [-0.4, -0.2) is 27.3 Å². The van der Waals surface area contributed by atoms with Crippen molar-refractivity contribution < 1.29 is 10.2 Å². The van der Waals surface area contributed by atoms with Gasteiger partial charge in [-0.05, 0) is 81.0 Å². The third-order valence-electron chi connectivity index (χ3n) is 5.55. The molecular formula is C24H28ClN3O2. The van der Waals surface area contributed by atoms with E-state index in [1.165, 1.54) is 5.56 Å². The molecule has 1 aliphatic carbocycles. The van der Waals surface area contributed by atoms with Gasteiger partial charge in [-0.1, -0.05) is 11.6 Å². The van der Waals surface area contributed by atoms with E-state index in [9.17, 15) is 10.2 Å². The summed E-state index contributed by atoms with van der Waals surface area (Å²) >= 11 is 6.13. The van der Waals surface area contributed by atoms with Crippen LogP contribution in [0.15, 0.2) is 36.5 Å². The highest BCUT2D eigenvalue weighted by Crippen LogP contribution is 2.39. The summed E-state index contributed by atoms with van der Waals surface area (Å²) in [6, 6.07) is 9.70. The van der Waals surface area contributed by atoms with Crippen LogP contribution in [0.1, 0.15) is 43.4 Å². The fraction of sp³-hybridized carbons (Fsp3) is 0.375. The SMILES string of the molecule is CC(C)(O)CNCc1cc(Nc2ccnc3cc(Cl)ccc23)c2c(c1O)CCCC2. The Balaban J connectivity index is 1.71. The molecule has 0 unspecified atom stereocenters. The lowest BCUT2D eigenvalue weighted by Crippen LogP contribution is -2.34. The van der Waals surface area contributed by atoms with Crippen LogP contribution >= 0.6 is 11.6 Å². The van der Waals surface area contributed by atoms with E-state index in [-0.39, 0.29) is 0 Å². The molecule has 0 amide bonds. The highest BCUT2D eigenvalue weighted by molar-refractivity contribution is 6.31. The third-order valence-corrected chi connectivity index (χ3v) is 5.78. The summed E-state index contributed by atoms with van der Waals surface area (Å²) < 4.78 is 0. The van der Waals surface area contributed by atoms with Gasteiger partial charge in [-0.15, -0.1) is 0 Å². The number of nitrogens with zero attached hydrogens (tertiary/aromatic N) is 1. The number of phenolic OH excluding ortho intramolecular Hbond substituents is 1. The average Bonchev–Trinajstić information content (AvgIpc) is 2.70. The second-order valence-electron chi connectivity index (χ2n) is 8.66. The summed E-state index contributed by atoms with van der Waals surface area (Å²) in [5.74, 6) is 0.380. The second kappa shape index (κ2) is 8.42. The summed E-state index contributed by atoms with van der Waals surface area (Å²) in [5.41, 5.74) is 5.07. The van der Waals surface area contributed by atoms with Crippen LogP contribution in [0, 0.1) is 0 Å². The minimum absolute atomic E-state index is 0.380. The molecule has 4 N–H and O–H groups in total. The first-order chi connectivity index (χ1) is 14.3. The number of anilines is 2. The molecule has 158 valence electrons. The molecule has 6 heteroatoms. The lowest BCUT2D eigenvalue weighted by molar-refractivity contribution is 0.0794. The van der Waals surface area contributed by atoms with Gasteiger partial charge in [-0.2, -0.15) is 0 Å². The number of rotatable bonds is 6. The van der Waals surface area contributed by atoms with Crippen molar-refractivity contribution in [2.75, 3.05) is 11.9 Å². The molecule has 30 heavy (non-hydrogen) atoms. The van der Waals surface area contributed by atoms with E-state index >= 15 is 0 Å². The number of aliphatic hydroxyl groups is 1. The molecule has 1 heterocycles. The van der Waals surface area contributed by atoms with Gasteiger partial charge in [0.1, 0.15) is 5.75 Å². The standard InChI is InChI=1S/C24H28ClN3O2/c1-24(2,30)14-26-13-15-11-22(17-5-3-4-6-18(17)23(15)29)28-20-9-10-27-21-12-16(25)7-8-19(20)21/h7-12,26,29-30H,3-6,13-14H2,1-2H3,(H,27,28). The average molecular weight is 426 g/mol. The maximum atomic E-state index is 10.9. The molecule has 1 aliphatic rings. The highest BCUT2D eigenvalue weighted by atomic mass is 35.5. The fourth-order valence-electron chi connectivity index (χ4n) is 4.11. The monoisotopic (exact) mass is 425 g/mol. The molecule has 0 atom stereocenters. The molecule has 0 aliphatic heterocycles. The Morgan fingerprint density at radius 2 is 1.83 bits per heavy atom. The number of pyridine rings is 1. The summed E-state index contributed by atoms with van der Waals surface area (Å²) in [6.07, 6.45) is 5.79. The molecule has 0 bridgehead atoms. The number of hydrogen-bond acceptors (Lipinski definition) is 5. The predicted molar refractivity (Wildman–Crippen MR) is 123 cm³/mol. The molecule has 0 fully saturated rings. The highest BCUT2D eigenvalue weighted by Gasteiger charge is 2.21. The first kappa shape index (κ1) is 20.9. The Morgan fingerprint density at radius 1 is 1.07 bits per heavy atom. The van der Waals surface area contributed by atoms with Crippen LogP contribution in [0.5, 0.6) is 5.75 Å². The lowest BCUT2D eigenvalue weighted by Gasteiger charge is -2.25. The number of aromatic nitrogens is 1. The van der Waals surface area contributed by atoms with E-state index < -0.39 is 5.60 Å². The first-order valence-corrected chi connectivity index (χ1v) is 10.8. The van der Waals surface area contributed by atoms with Crippen LogP contribution < -0.4 is 10.6 Å². The second-order valence-corrected chi connectivity index (χ2v) is 9.09. The van der Waals surface area contributed by atoms with Gasteiger partial charge in [0.05, 0.1) is 11.1 Å². The Labute approximate surface area is 182 Å². The molecule has 4 rings (SSSR count). The van der Waals surface area contributed by atoms with Gasteiger partial charge in [0.2, 0.25) is 0 Å². The Kier molecular flexibility index (Phi) is 5.87. The van der Waals surface area contributed by atoms with Crippen molar-refractivity contribution in [2.24, 2.45) is 0 Å². The van der Waals surface area contributed by atoms with Gasteiger partial charge in [-0.25, -0.2) is 0 Å². The molecule has 0 saturated carbocycles.